The van der Waals surface area contributed by atoms with Crippen LogP contribution in [-0.2, 0) is 16.3 Å². The summed E-state index contributed by atoms with van der Waals surface area (Å²) in [4.78, 5) is 12.6. The number of fused-ring (bicyclic) bond motifs is 1. The van der Waals surface area contributed by atoms with Crippen LogP contribution in [0.4, 0.5) is 0 Å². The number of thioether (sulfide) groups is 1. The van der Waals surface area contributed by atoms with Gasteiger partial charge in [0.1, 0.15) is 17.5 Å². The van der Waals surface area contributed by atoms with Gasteiger partial charge in [-0.15, -0.1) is 0 Å². The third kappa shape index (κ3) is 4.64. The molecular formula is C21H31N3O3S2. The molecule has 2 aliphatic carbocycles. The van der Waals surface area contributed by atoms with Crippen LogP contribution in [0.25, 0.3) is 0 Å². The minimum Gasteiger partial charge on any atom is -0.474 e. The van der Waals surface area contributed by atoms with Gasteiger partial charge in [0.2, 0.25) is 5.88 Å². The number of aromatic nitrogens is 2. The first-order chi connectivity index (χ1) is 13.9. The molecule has 0 bridgehead atoms. The zero-order valence-electron chi connectivity index (χ0n) is 17.6. The van der Waals surface area contributed by atoms with Crippen molar-refractivity contribution in [2.75, 3.05) is 25.6 Å². The van der Waals surface area contributed by atoms with Gasteiger partial charge in [0.05, 0.1) is 11.3 Å². The maximum atomic E-state index is 12.2. The number of hydrogen-bond donors (Lipinski definition) is 0. The second kappa shape index (κ2) is 8.55. The van der Waals surface area contributed by atoms with Gasteiger partial charge < -0.3 is 9.64 Å². The van der Waals surface area contributed by atoms with Crippen molar-refractivity contribution in [3.63, 3.8) is 0 Å². The van der Waals surface area contributed by atoms with Crippen molar-refractivity contribution in [1.82, 2.24) is 14.9 Å². The molecule has 0 radical (unpaired) electrons. The lowest BCUT2D eigenvalue weighted by atomic mass is 9.92. The first-order valence-corrected chi connectivity index (χ1v) is 13.3. The number of sulfone groups is 1. The van der Waals surface area contributed by atoms with Crippen molar-refractivity contribution in [2.45, 2.75) is 69.0 Å². The Kier molecular flexibility index (Phi) is 6.23. The van der Waals surface area contributed by atoms with E-state index in [1.165, 1.54) is 10.5 Å². The molecule has 160 valence electrons. The lowest BCUT2D eigenvalue weighted by molar-refractivity contribution is 0.106. The third-order valence-corrected chi connectivity index (χ3v) is 9.62. The van der Waals surface area contributed by atoms with Gasteiger partial charge in [-0.1, -0.05) is 24.3 Å². The van der Waals surface area contributed by atoms with E-state index in [0.717, 1.165) is 55.5 Å². The van der Waals surface area contributed by atoms with Crippen molar-refractivity contribution in [3.8, 4) is 5.88 Å². The van der Waals surface area contributed by atoms with E-state index in [1.807, 2.05) is 0 Å². The zero-order valence-corrected chi connectivity index (χ0v) is 19.2. The van der Waals surface area contributed by atoms with Crippen molar-refractivity contribution in [1.29, 1.82) is 0 Å². The Morgan fingerprint density at radius 2 is 1.93 bits per heavy atom. The highest BCUT2D eigenvalue weighted by atomic mass is 32.2. The Morgan fingerprint density at radius 1 is 1.17 bits per heavy atom. The summed E-state index contributed by atoms with van der Waals surface area (Å²) in [6, 6.07) is 0.636. The molecule has 6 nitrogen and oxygen atoms in total. The third-order valence-electron chi connectivity index (χ3n) is 6.57. The van der Waals surface area contributed by atoms with E-state index in [9.17, 15) is 8.42 Å². The number of hydrogen-bond acceptors (Lipinski definition) is 7. The Hall–Kier alpha value is -1.12. The highest BCUT2D eigenvalue weighted by molar-refractivity contribution is 8.03. The van der Waals surface area contributed by atoms with E-state index >= 15 is 0 Å². The van der Waals surface area contributed by atoms with Crippen molar-refractivity contribution >= 4 is 21.6 Å². The number of nitrogens with zero attached hydrogens (tertiary/aromatic N) is 3. The average Bonchev–Trinajstić information content (AvgIpc) is 3.08. The van der Waals surface area contributed by atoms with Crippen LogP contribution in [-0.4, -0.2) is 61.0 Å². The van der Waals surface area contributed by atoms with Gasteiger partial charge in [-0.3, -0.25) is 0 Å². The fourth-order valence-electron chi connectivity index (χ4n) is 4.70. The topological polar surface area (TPSA) is 72.4 Å². The number of rotatable bonds is 6. The molecule has 2 heterocycles. The highest BCUT2D eigenvalue weighted by Gasteiger charge is 2.35. The predicted molar refractivity (Wildman–Crippen MR) is 116 cm³/mol. The van der Waals surface area contributed by atoms with Gasteiger partial charge in [0, 0.05) is 18.2 Å². The molecule has 0 spiro atoms. The SMILES string of the molecule is CCS(=O)(=O)CC1CCC2=C1Cc1c(O[C@H]3CC[C@H](N(C)C)CC3)ncnc1S2. The smallest absolute Gasteiger partial charge is 0.221 e. The van der Waals surface area contributed by atoms with Crippen LogP contribution in [0, 0.1) is 5.92 Å². The van der Waals surface area contributed by atoms with E-state index in [0.29, 0.717) is 11.9 Å². The van der Waals surface area contributed by atoms with E-state index < -0.39 is 9.84 Å². The van der Waals surface area contributed by atoms with Gasteiger partial charge in [-0.25, -0.2) is 18.4 Å². The Labute approximate surface area is 178 Å². The van der Waals surface area contributed by atoms with E-state index in [1.54, 1.807) is 25.0 Å². The summed E-state index contributed by atoms with van der Waals surface area (Å²) < 4.78 is 30.8. The fraction of sp³-hybridized carbons (Fsp3) is 0.714. The standard InChI is InChI=1S/C21H31N3O3S2/c1-4-29(25,26)12-14-5-10-19-17(14)11-18-20(22-13-23-21(18)28-19)27-16-8-6-15(7-9-16)24(2)3/h13-16H,4-12H2,1-3H3/t14?,15-,16-. The van der Waals surface area contributed by atoms with E-state index in [4.69, 9.17) is 4.74 Å². The molecule has 1 aromatic rings. The normalized spacial score (nSPS) is 27.1. The predicted octanol–water partition coefficient (Wildman–Crippen LogP) is 3.48. The second-order valence-corrected chi connectivity index (χ2v) is 12.1. The molecular weight excluding hydrogens is 406 g/mol. The van der Waals surface area contributed by atoms with Gasteiger partial charge in [0.25, 0.3) is 0 Å². The van der Waals surface area contributed by atoms with Crippen molar-refractivity contribution in [2.24, 2.45) is 5.92 Å². The molecule has 1 unspecified atom stereocenters. The van der Waals surface area contributed by atoms with Gasteiger partial charge in [0.15, 0.2) is 9.84 Å². The largest absolute Gasteiger partial charge is 0.474 e. The molecule has 0 N–H and O–H groups in total. The Bertz CT molecular complexity index is 890. The minimum atomic E-state index is -2.99. The summed E-state index contributed by atoms with van der Waals surface area (Å²) in [7, 11) is 1.30. The molecule has 1 fully saturated rings. The fourth-order valence-corrected chi connectivity index (χ4v) is 7.12. The summed E-state index contributed by atoms with van der Waals surface area (Å²) in [6.45, 7) is 1.73. The van der Waals surface area contributed by atoms with Crippen LogP contribution >= 0.6 is 11.8 Å². The molecule has 1 saturated carbocycles. The summed E-state index contributed by atoms with van der Waals surface area (Å²) in [5, 5.41) is 0.981. The maximum absolute atomic E-state index is 12.2. The molecule has 0 amide bonds. The maximum Gasteiger partial charge on any atom is 0.221 e. The first kappa shape index (κ1) is 21.1. The molecule has 1 atom stereocenters. The van der Waals surface area contributed by atoms with E-state index in [-0.39, 0.29) is 23.5 Å². The lowest BCUT2D eigenvalue weighted by Gasteiger charge is -2.33. The second-order valence-electron chi connectivity index (χ2n) is 8.64. The van der Waals surface area contributed by atoms with Gasteiger partial charge in [-0.2, -0.15) is 0 Å². The minimum absolute atomic E-state index is 0.124. The molecule has 0 saturated heterocycles. The lowest BCUT2D eigenvalue weighted by Crippen LogP contribution is -2.35. The molecule has 1 aromatic heterocycles. The Morgan fingerprint density at radius 3 is 2.62 bits per heavy atom. The molecule has 4 rings (SSSR count). The summed E-state index contributed by atoms with van der Waals surface area (Å²) in [5.41, 5.74) is 2.32. The molecule has 3 aliphatic rings. The summed E-state index contributed by atoms with van der Waals surface area (Å²) >= 11 is 1.69. The summed E-state index contributed by atoms with van der Waals surface area (Å²) in [5.74, 6) is 1.30. The number of allylic oxidation sites excluding steroid dienone is 2. The van der Waals surface area contributed by atoms with Gasteiger partial charge in [-0.05, 0) is 63.4 Å². The van der Waals surface area contributed by atoms with Crippen molar-refractivity contribution in [3.05, 3.63) is 22.4 Å². The summed E-state index contributed by atoms with van der Waals surface area (Å²) in [6.07, 6.45) is 8.78. The quantitative estimate of drug-likeness (QED) is 0.631. The highest BCUT2D eigenvalue weighted by Crippen LogP contribution is 2.49. The zero-order chi connectivity index (χ0) is 20.6. The van der Waals surface area contributed by atoms with E-state index in [2.05, 4.69) is 29.0 Å². The van der Waals surface area contributed by atoms with Crippen LogP contribution in [0.15, 0.2) is 21.8 Å². The van der Waals surface area contributed by atoms with Crippen molar-refractivity contribution < 1.29 is 13.2 Å². The molecule has 0 aromatic carbocycles. The van der Waals surface area contributed by atoms with Crippen LogP contribution in [0.2, 0.25) is 0 Å². The Balaban J connectivity index is 1.48. The molecule has 1 aliphatic heterocycles. The first-order valence-electron chi connectivity index (χ1n) is 10.6. The van der Waals surface area contributed by atoms with Gasteiger partial charge >= 0.3 is 0 Å². The number of ether oxygens (including phenoxy) is 1. The van der Waals surface area contributed by atoms with Crippen LogP contribution in [0.1, 0.15) is 51.0 Å². The van der Waals surface area contributed by atoms with Crippen LogP contribution in [0.5, 0.6) is 5.88 Å². The van der Waals surface area contributed by atoms with Crippen LogP contribution in [0.3, 0.4) is 0 Å². The monoisotopic (exact) mass is 437 g/mol. The molecule has 29 heavy (non-hydrogen) atoms. The van der Waals surface area contributed by atoms with Crippen LogP contribution < -0.4 is 4.74 Å². The molecule has 8 heteroatoms. The average molecular weight is 438 g/mol.